The quantitative estimate of drug-likeness (QED) is 0.583. The van der Waals surface area contributed by atoms with E-state index in [2.05, 4.69) is 24.5 Å². The highest BCUT2D eigenvalue weighted by Gasteiger charge is 2.13. The molecule has 0 unspecified atom stereocenters. The van der Waals surface area contributed by atoms with Crippen molar-refractivity contribution in [2.75, 3.05) is 16.5 Å². The normalized spacial score (nSPS) is 11.3. The maximum atomic E-state index is 12.4. The van der Waals surface area contributed by atoms with E-state index in [1.54, 1.807) is 54.6 Å². The van der Waals surface area contributed by atoms with Gasteiger partial charge in [-0.05, 0) is 60.0 Å². The molecule has 0 heterocycles. The van der Waals surface area contributed by atoms with Crippen LogP contribution in [-0.4, -0.2) is 20.2 Å². The molecule has 0 fully saturated rings. The minimum absolute atomic E-state index is 0.217. The molecule has 29 heavy (non-hydrogen) atoms. The number of carbonyl (C=O) groups excluding carboxylic acids is 1. The average molecular weight is 409 g/mol. The van der Waals surface area contributed by atoms with E-state index < -0.39 is 9.84 Å². The van der Waals surface area contributed by atoms with Crippen molar-refractivity contribution in [1.82, 2.24) is 0 Å². The Morgan fingerprint density at radius 2 is 1.41 bits per heavy atom. The molecule has 0 saturated heterocycles. The molecule has 1 amide bonds. The lowest BCUT2D eigenvalue weighted by Crippen LogP contribution is -2.15. The Labute approximate surface area is 171 Å². The molecule has 0 bridgehead atoms. The molecule has 0 saturated carbocycles. The summed E-state index contributed by atoms with van der Waals surface area (Å²) in [5, 5.41) is 5.76. The van der Waals surface area contributed by atoms with Crippen LogP contribution >= 0.6 is 0 Å². The number of benzene rings is 3. The lowest BCUT2D eigenvalue weighted by Gasteiger charge is -2.10. The Balaban J connectivity index is 1.60. The molecule has 6 heteroatoms. The van der Waals surface area contributed by atoms with Gasteiger partial charge in [-0.1, -0.05) is 44.2 Å². The highest BCUT2D eigenvalue weighted by molar-refractivity contribution is 7.91. The first-order valence-electron chi connectivity index (χ1n) is 9.38. The van der Waals surface area contributed by atoms with Crippen molar-refractivity contribution < 1.29 is 13.2 Å². The van der Waals surface area contributed by atoms with Crippen LogP contribution in [0, 0.1) is 0 Å². The van der Waals surface area contributed by atoms with Crippen LogP contribution in [0.15, 0.2) is 83.8 Å². The number of hydrogen-bond acceptors (Lipinski definition) is 4. The monoisotopic (exact) mass is 408 g/mol. The molecular formula is C23H24N2O3S. The van der Waals surface area contributed by atoms with Crippen LogP contribution in [0.4, 0.5) is 11.4 Å². The summed E-state index contributed by atoms with van der Waals surface area (Å²) in [4.78, 5) is 12.7. The van der Waals surface area contributed by atoms with E-state index >= 15 is 0 Å². The zero-order valence-electron chi connectivity index (χ0n) is 16.4. The van der Waals surface area contributed by atoms with Gasteiger partial charge >= 0.3 is 0 Å². The number of rotatable bonds is 7. The van der Waals surface area contributed by atoms with E-state index in [1.807, 2.05) is 24.3 Å². The number of sulfone groups is 1. The molecule has 0 aromatic heterocycles. The van der Waals surface area contributed by atoms with Crippen LogP contribution in [0.3, 0.4) is 0 Å². The van der Waals surface area contributed by atoms with Crippen molar-refractivity contribution in [1.29, 1.82) is 0 Å². The fourth-order valence-electron chi connectivity index (χ4n) is 2.78. The van der Waals surface area contributed by atoms with Gasteiger partial charge in [-0.2, -0.15) is 0 Å². The molecule has 150 valence electrons. The molecule has 3 aromatic rings. The number of amides is 1. The Morgan fingerprint density at radius 1 is 0.828 bits per heavy atom. The molecular weight excluding hydrogens is 384 g/mol. The van der Waals surface area contributed by atoms with Gasteiger partial charge in [0.15, 0.2) is 9.84 Å². The third-order valence-corrected chi connectivity index (χ3v) is 6.07. The predicted molar refractivity (Wildman–Crippen MR) is 117 cm³/mol. The van der Waals surface area contributed by atoms with Gasteiger partial charge in [-0.25, -0.2) is 8.42 Å². The topological polar surface area (TPSA) is 75.3 Å². The first kappa shape index (κ1) is 20.6. The standard InChI is InChI=1S/C23H24N2O3S/c1-17(2)18-8-14-21(15-9-18)25-23(26)19-10-12-20(13-11-19)24-16-29(27,28)22-6-4-3-5-7-22/h3-15,17,24H,16H2,1-2H3,(H,25,26). The Hall–Kier alpha value is -3.12. The Kier molecular flexibility index (Phi) is 6.34. The van der Waals surface area contributed by atoms with E-state index in [1.165, 1.54) is 5.56 Å². The van der Waals surface area contributed by atoms with Gasteiger partial charge in [0.2, 0.25) is 0 Å². The molecule has 0 radical (unpaired) electrons. The third-order valence-electron chi connectivity index (χ3n) is 4.55. The Bertz CT molecular complexity index is 1060. The predicted octanol–water partition coefficient (Wildman–Crippen LogP) is 4.91. The lowest BCUT2D eigenvalue weighted by atomic mass is 10.0. The largest absolute Gasteiger partial charge is 0.371 e. The molecule has 0 aliphatic rings. The van der Waals surface area contributed by atoms with E-state index in [9.17, 15) is 13.2 Å². The fourth-order valence-corrected chi connectivity index (χ4v) is 3.88. The summed E-state index contributed by atoms with van der Waals surface area (Å²) in [5.74, 6) is 0.00125. The maximum Gasteiger partial charge on any atom is 0.255 e. The molecule has 2 N–H and O–H groups in total. The van der Waals surface area contributed by atoms with E-state index in [-0.39, 0.29) is 16.7 Å². The fraction of sp³-hybridized carbons (Fsp3) is 0.174. The first-order chi connectivity index (χ1) is 13.8. The van der Waals surface area contributed by atoms with Crippen LogP contribution in [0.2, 0.25) is 0 Å². The van der Waals surface area contributed by atoms with Crippen molar-refractivity contribution in [3.63, 3.8) is 0 Å². The van der Waals surface area contributed by atoms with E-state index in [4.69, 9.17) is 0 Å². The highest BCUT2D eigenvalue weighted by atomic mass is 32.2. The van der Waals surface area contributed by atoms with E-state index in [0.29, 0.717) is 17.2 Å². The zero-order chi connectivity index (χ0) is 20.9. The van der Waals surface area contributed by atoms with Crippen molar-refractivity contribution in [3.05, 3.63) is 90.0 Å². The van der Waals surface area contributed by atoms with Crippen LogP contribution in [0.25, 0.3) is 0 Å². The summed E-state index contributed by atoms with van der Waals surface area (Å²) in [6.07, 6.45) is 0. The van der Waals surface area contributed by atoms with Gasteiger partial charge in [0.1, 0.15) is 5.88 Å². The molecule has 0 spiro atoms. The average Bonchev–Trinajstić information content (AvgIpc) is 2.73. The van der Waals surface area contributed by atoms with Gasteiger partial charge in [0, 0.05) is 16.9 Å². The summed E-state index contributed by atoms with van der Waals surface area (Å²) < 4.78 is 24.6. The summed E-state index contributed by atoms with van der Waals surface area (Å²) in [7, 11) is -3.43. The summed E-state index contributed by atoms with van der Waals surface area (Å²) >= 11 is 0. The number of hydrogen-bond donors (Lipinski definition) is 2. The minimum atomic E-state index is -3.43. The van der Waals surface area contributed by atoms with Crippen LogP contribution in [-0.2, 0) is 9.84 Å². The summed E-state index contributed by atoms with van der Waals surface area (Å²) in [6, 6.07) is 22.8. The van der Waals surface area contributed by atoms with Crippen molar-refractivity contribution in [2.45, 2.75) is 24.7 Å². The van der Waals surface area contributed by atoms with Gasteiger partial charge < -0.3 is 10.6 Å². The Morgan fingerprint density at radius 3 is 2.00 bits per heavy atom. The van der Waals surface area contributed by atoms with Gasteiger partial charge in [0.05, 0.1) is 4.90 Å². The van der Waals surface area contributed by atoms with Crippen molar-refractivity contribution in [2.24, 2.45) is 0 Å². The van der Waals surface area contributed by atoms with Gasteiger partial charge in [-0.15, -0.1) is 0 Å². The summed E-state index contributed by atoms with van der Waals surface area (Å²) in [6.45, 7) is 4.24. The SMILES string of the molecule is CC(C)c1ccc(NC(=O)c2ccc(NCS(=O)(=O)c3ccccc3)cc2)cc1. The second-order valence-corrected chi connectivity index (χ2v) is 9.05. The molecule has 3 rings (SSSR count). The van der Waals surface area contributed by atoms with Gasteiger partial charge in [-0.3, -0.25) is 4.79 Å². The minimum Gasteiger partial charge on any atom is -0.371 e. The number of carbonyl (C=O) groups is 1. The second-order valence-electron chi connectivity index (χ2n) is 7.06. The smallest absolute Gasteiger partial charge is 0.255 e. The second kappa shape index (κ2) is 8.92. The highest BCUT2D eigenvalue weighted by Crippen LogP contribution is 2.18. The number of anilines is 2. The zero-order valence-corrected chi connectivity index (χ0v) is 17.2. The molecule has 3 aromatic carbocycles. The van der Waals surface area contributed by atoms with Crippen molar-refractivity contribution in [3.8, 4) is 0 Å². The third kappa shape index (κ3) is 5.45. The molecule has 0 aliphatic heterocycles. The van der Waals surface area contributed by atoms with Gasteiger partial charge in [0.25, 0.3) is 5.91 Å². The van der Waals surface area contributed by atoms with E-state index in [0.717, 1.165) is 5.69 Å². The summed E-state index contributed by atoms with van der Waals surface area (Å²) in [5.41, 5.74) is 3.07. The molecule has 5 nitrogen and oxygen atoms in total. The van der Waals surface area contributed by atoms with Crippen molar-refractivity contribution >= 4 is 27.1 Å². The van der Waals surface area contributed by atoms with Crippen LogP contribution < -0.4 is 10.6 Å². The maximum absolute atomic E-state index is 12.4. The first-order valence-corrected chi connectivity index (χ1v) is 11.0. The lowest BCUT2D eigenvalue weighted by molar-refractivity contribution is 0.102. The molecule has 0 atom stereocenters. The van der Waals surface area contributed by atoms with Crippen LogP contribution in [0.1, 0.15) is 35.7 Å². The number of nitrogens with one attached hydrogen (secondary N) is 2. The molecule has 0 aliphatic carbocycles. The van der Waals surface area contributed by atoms with Crippen LogP contribution in [0.5, 0.6) is 0 Å².